The number of hydrogen-bond acceptors (Lipinski definition) is 2. The van der Waals surface area contributed by atoms with Gasteiger partial charge in [0.15, 0.2) is 0 Å². The molecule has 0 amide bonds. The second kappa shape index (κ2) is 4.89. The first kappa shape index (κ1) is 11.7. The topological polar surface area (TPSA) is 43.1 Å². The number of nitro benzene ring substituents is 1. The van der Waals surface area contributed by atoms with Gasteiger partial charge in [0, 0.05) is 16.5 Å². The van der Waals surface area contributed by atoms with E-state index in [4.69, 9.17) is 0 Å². The van der Waals surface area contributed by atoms with Crippen LogP contribution >= 0.6 is 31.9 Å². The van der Waals surface area contributed by atoms with E-state index >= 15 is 0 Å². The van der Waals surface area contributed by atoms with Crippen molar-refractivity contribution in [3.8, 4) is 0 Å². The van der Waals surface area contributed by atoms with E-state index < -0.39 is 0 Å². The van der Waals surface area contributed by atoms with Gasteiger partial charge in [-0.1, -0.05) is 57.0 Å². The molecule has 0 unspecified atom stereocenters. The van der Waals surface area contributed by atoms with Crippen LogP contribution in [0, 0.1) is 10.1 Å². The third kappa shape index (κ3) is 2.54. The maximum absolute atomic E-state index is 10.7. The minimum Gasteiger partial charge on any atom is -0.258 e. The van der Waals surface area contributed by atoms with Crippen molar-refractivity contribution in [2.45, 2.75) is 16.6 Å². The standard InChI is InChI=1S/C9H9Br2NO2/c1-6(10)9(11)7-4-2-3-5-8(7)12(13)14/h2-6,9H,1H3/t6-,9-/m1/s1. The summed E-state index contributed by atoms with van der Waals surface area (Å²) in [5.41, 5.74) is 0.850. The van der Waals surface area contributed by atoms with Gasteiger partial charge in [0.25, 0.3) is 5.69 Å². The summed E-state index contributed by atoms with van der Waals surface area (Å²) in [6, 6.07) is 6.74. The van der Waals surface area contributed by atoms with Crippen LogP contribution in [0.4, 0.5) is 5.69 Å². The highest BCUT2D eigenvalue weighted by Gasteiger charge is 2.22. The van der Waals surface area contributed by atoms with E-state index in [1.54, 1.807) is 18.2 Å². The zero-order valence-electron chi connectivity index (χ0n) is 7.48. The average molecular weight is 323 g/mol. The number of alkyl halides is 2. The smallest absolute Gasteiger partial charge is 0.258 e. The van der Waals surface area contributed by atoms with Crippen LogP contribution in [-0.4, -0.2) is 9.75 Å². The summed E-state index contributed by atoms with van der Waals surface area (Å²) in [6.07, 6.45) is 0. The molecule has 0 fully saturated rings. The highest BCUT2D eigenvalue weighted by molar-refractivity contribution is 9.12. The Hall–Kier alpha value is -0.420. The molecule has 0 bridgehead atoms. The van der Waals surface area contributed by atoms with Gasteiger partial charge in [-0.25, -0.2) is 0 Å². The van der Waals surface area contributed by atoms with Crippen molar-refractivity contribution < 1.29 is 4.92 Å². The fraction of sp³-hybridized carbons (Fsp3) is 0.333. The lowest BCUT2D eigenvalue weighted by molar-refractivity contribution is -0.385. The van der Waals surface area contributed by atoms with Gasteiger partial charge < -0.3 is 0 Å². The zero-order chi connectivity index (χ0) is 10.7. The zero-order valence-corrected chi connectivity index (χ0v) is 10.7. The average Bonchev–Trinajstić information content (AvgIpc) is 2.16. The summed E-state index contributed by atoms with van der Waals surface area (Å²) in [4.78, 5) is 10.4. The largest absolute Gasteiger partial charge is 0.273 e. The second-order valence-corrected chi connectivity index (χ2v) is 5.33. The first-order valence-electron chi connectivity index (χ1n) is 4.05. The summed E-state index contributed by atoms with van der Waals surface area (Å²) in [5, 5.41) is 10.7. The summed E-state index contributed by atoms with van der Waals surface area (Å²) in [5.74, 6) is 0. The van der Waals surface area contributed by atoms with Gasteiger partial charge in [0.05, 0.1) is 9.75 Å². The molecule has 3 nitrogen and oxygen atoms in total. The highest BCUT2D eigenvalue weighted by atomic mass is 79.9. The Bertz CT molecular complexity index is 341. The molecule has 14 heavy (non-hydrogen) atoms. The minimum atomic E-state index is -0.362. The van der Waals surface area contributed by atoms with E-state index in [0.717, 1.165) is 0 Å². The van der Waals surface area contributed by atoms with E-state index in [1.807, 2.05) is 6.92 Å². The van der Waals surface area contributed by atoms with Crippen LogP contribution in [0.25, 0.3) is 0 Å². The van der Waals surface area contributed by atoms with Gasteiger partial charge in [-0.2, -0.15) is 0 Å². The molecule has 0 spiro atoms. The number of nitro groups is 1. The number of benzene rings is 1. The molecule has 2 atom stereocenters. The quantitative estimate of drug-likeness (QED) is 0.482. The van der Waals surface area contributed by atoms with E-state index in [9.17, 15) is 10.1 Å². The molecular formula is C9H9Br2NO2. The van der Waals surface area contributed by atoms with Crippen LogP contribution in [-0.2, 0) is 0 Å². The van der Waals surface area contributed by atoms with Gasteiger partial charge in [0.2, 0.25) is 0 Å². The van der Waals surface area contributed by atoms with Crippen molar-refractivity contribution in [2.24, 2.45) is 0 Å². The molecule has 0 radical (unpaired) electrons. The Balaban J connectivity index is 3.13. The predicted octanol–water partition coefficient (Wildman–Crippen LogP) is 3.81. The molecule has 5 heteroatoms. The summed E-state index contributed by atoms with van der Waals surface area (Å²) in [6.45, 7) is 1.94. The Morgan fingerprint density at radius 2 is 1.93 bits per heavy atom. The SMILES string of the molecule is C[C@@H](Br)[C@@H](Br)c1ccccc1[N+](=O)[O-]. The van der Waals surface area contributed by atoms with E-state index in [0.29, 0.717) is 5.56 Å². The van der Waals surface area contributed by atoms with Crippen molar-refractivity contribution in [1.82, 2.24) is 0 Å². The first-order chi connectivity index (χ1) is 6.54. The fourth-order valence-corrected chi connectivity index (χ4v) is 1.81. The maximum atomic E-state index is 10.7. The monoisotopic (exact) mass is 321 g/mol. The molecule has 0 aliphatic rings. The third-order valence-corrected chi connectivity index (χ3v) is 4.36. The lowest BCUT2D eigenvalue weighted by Gasteiger charge is -2.12. The van der Waals surface area contributed by atoms with Crippen molar-refractivity contribution in [3.05, 3.63) is 39.9 Å². The van der Waals surface area contributed by atoms with Crippen LogP contribution in [0.2, 0.25) is 0 Å². The molecule has 0 aliphatic carbocycles. The van der Waals surface area contributed by atoms with Crippen molar-refractivity contribution in [2.75, 3.05) is 0 Å². The van der Waals surface area contributed by atoms with Gasteiger partial charge in [0.1, 0.15) is 0 Å². The molecule has 0 saturated heterocycles. The maximum Gasteiger partial charge on any atom is 0.273 e. The molecular weight excluding hydrogens is 314 g/mol. The van der Waals surface area contributed by atoms with Crippen LogP contribution < -0.4 is 0 Å². The number of nitrogens with zero attached hydrogens (tertiary/aromatic N) is 1. The van der Waals surface area contributed by atoms with Crippen LogP contribution in [0.15, 0.2) is 24.3 Å². The molecule has 1 aromatic rings. The number of para-hydroxylation sites is 1. The van der Waals surface area contributed by atoms with Gasteiger partial charge in [-0.15, -0.1) is 0 Å². The number of rotatable bonds is 3. The molecule has 76 valence electrons. The van der Waals surface area contributed by atoms with E-state index in [-0.39, 0.29) is 20.3 Å². The van der Waals surface area contributed by atoms with Crippen LogP contribution in [0.1, 0.15) is 17.3 Å². The lowest BCUT2D eigenvalue weighted by atomic mass is 10.1. The summed E-state index contributed by atoms with van der Waals surface area (Å²) >= 11 is 6.81. The molecule has 1 rings (SSSR count). The fourth-order valence-electron chi connectivity index (χ4n) is 1.13. The second-order valence-electron chi connectivity index (χ2n) is 2.90. The van der Waals surface area contributed by atoms with E-state index in [1.165, 1.54) is 6.07 Å². The Kier molecular flexibility index (Phi) is 4.07. The summed E-state index contributed by atoms with van der Waals surface area (Å²) in [7, 11) is 0. The van der Waals surface area contributed by atoms with Gasteiger partial charge >= 0.3 is 0 Å². The molecule has 0 aliphatic heterocycles. The molecule has 0 saturated carbocycles. The molecule has 0 heterocycles. The van der Waals surface area contributed by atoms with Crippen molar-refractivity contribution in [1.29, 1.82) is 0 Å². The van der Waals surface area contributed by atoms with Crippen LogP contribution in [0.5, 0.6) is 0 Å². The van der Waals surface area contributed by atoms with Crippen molar-refractivity contribution >= 4 is 37.5 Å². The molecule has 1 aromatic carbocycles. The number of hydrogen-bond donors (Lipinski definition) is 0. The Labute approximate surface area is 98.9 Å². The lowest BCUT2D eigenvalue weighted by Crippen LogP contribution is -2.04. The normalized spacial score (nSPS) is 14.8. The van der Waals surface area contributed by atoms with E-state index in [2.05, 4.69) is 31.9 Å². The van der Waals surface area contributed by atoms with Gasteiger partial charge in [-0.05, 0) is 0 Å². The van der Waals surface area contributed by atoms with Crippen molar-refractivity contribution in [3.63, 3.8) is 0 Å². The summed E-state index contributed by atoms with van der Waals surface area (Å²) < 4.78 is 0. The highest BCUT2D eigenvalue weighted by Crippen LogP contribution is 2.35. The number of halogens is 2. The molecule has 0 aromatic heterocycles. The predicted molar refractivity (Wildman–Crippen MR) is 63.2 cm³/mol. The third-order valence-electron chi connectivity index (χ3n) is 1.83. The Morgan fingerprint density at radius 1 is 1.36 bits per heavy atom. The molecule has 0 N–H and O–H groups in total. The van der Waals surface area contributed by atoms with Gasteiger partial charge in [-0.3, -0.25) is 10.1 Å². The first-order valence-corrected chi connectivity index (χ1v) is 5.88. The van der Waals surface area contributed by atoms with Crippen LogP contribution in [0.3, 0.4) is 0 Å². The Morgan fingerprint density at radius 3 is 2.43 bits per heavy atom. The minimum absolute atomic E-state index is 0.0518.